The van der Waals surface area contributed by atoms with Crippen LogP contribution in [-0.4, -0.2) is 51.6 Å². The molecule has 1 aliphatic heterocycles. The van der Waals surface area contributed by atoms with Crippen LogP contribution in [0.25, 0.3) is 22.3 Å². The fourth-order valence-electron chi connectivity index (χ4n) is 3.85. The Morgan fingerprint density at radius 1 is 1.29 bits per heavy atom. The first-order valence-electron chi connectivity index (χ1n) is 10.0. The smallest absolute Gasteiger partial charge is 0.132 e. The molecule has 2 aromatic heterocycles. The lowest BCUT2D eigenvalue weighted by Gasteiger charge is -2.31. The van der Waals surface area contributed by atoms with Crippen LogP contribution in [0.3, 0.4) is 0 Å². The summed E-state index contributed by atoms with van der Waals surface area (Å²) >= 11 is 0. The third-order valence-corrected chi connectivity index (χ3v) is 5.78. The molecule has 2 fully saturated rings. The normalized spacial score (nSPS) is 21.1. The van der Waals surface area contributed by atoms with Crippen LogP contribution in [0.1, 0.15) is 33.1 Å². The molecule has 0 radical (unpaired) electrons. The number of aromatic amines is 1. The summed E-state index contributed by atoms with van der Waals surface area (Å²) in [6, 6.07) is 8.12. The number of anilines is 1. The van der Waals surface area contributed by atoms with Crippen LogP contribution in [-0.2, 0) is 4.74 Å². The summed E-state index contributed by atoms with van der Waals surface area (Å²) in [6.07, 6.45) is 5.12. The minimum atomic E-state index is 0.0344. The molecule has 7 heteroatoms. The number of hydrogen-bond donors (Lipinski definition) is 1. The highest BCUT2D eigenvalue weighted by Crippen LogP contribution is 2.43. The van der Waals surface area contributed by atoms with E-state index in [1.807, 2.05) is 18.2 Å². The molecule has 2 aliphatic rings. The molecule has 7 nitrogen and oxygen atoms in total. The number of hydrogen-bond acceptors (Lipinski definition) is 6. The van der Waals surface area contributed by atoms with E-state index in [2.05, 4.69) is 45.0 Å². The molecule has 1 saturated heterocycles. The Morgan fingerprint density at radius 3 is 2.96 bits per heavy atom. The van der Waals surface area contributed by atoms with Gasteiger partial charge in [-0.2, -0.15) is 5.10 Å². The van der Waals surface area contributed by atoms with Gasteiger partial charge in [-0.15, -0.1) is 0 Å². The van der Waals surface area contributed by atoms with Gasteiger partial charge in [0, 0.05) is 24.5 Å². The number of ether oxygens (including phenoxy) is 2. The maximum atomic E-state index is 6.26. The van der Waals surface area contributed by atoms with Crippen molar-refractivity contribution in [1.29, 1.82) is 0 Å². The summed E-state index contributed by atoms with van der Waals surface area (Å²) in [6.45, 7) is 6.64. The fourth-order valence-corrected chi connectivity index (χ4v) is 3.85. The van der Waals surface area contributed by atoms with E-state index in [0.717, 1.165) is 66.2 Å². The van der Waals surface area contributed by atoms with Crippen molar-refractivity contribution in [3.05, 3.63) is 30.6 Å². The highest BCUT2D eigenvalue weighted by Gasteiger charge is 2.43. The van der Waals surface area contributed by atoms with Crippen molar-refractivity contribution < 1.29 is 9.47 Å². The van der Waals surface area contributed by atoms with E-state index in [1.54, 1.807) is 6.33 Å². The zero-order valence-corrected chi connectivity index (χ0v) is 16.3. The number of benzene rings is 1. The first-order valence-corrected chi connectivity index (χ1v) is 10.0. The lowest BCUT2D eigenvalue weighted by Crippen LogP contribution is -2.41. The molecule has 1 aromatic carbocycles. The number of morpholine rings is 1. The molecule has 5 rings (SSSR count). The maximum absolute atomic E-state index is 6.26. The van der Waals surface area contributed by atoms with Crippen LogP contribution >= 0.6 is 0 Å². The molecule has 146 valence electrons. The summed E-state index contributed by atoms with van der Waals surface area (Å²) in [5.74, 6) is 1.80. The summed E-state index contributed by atoms with van der Waals surface area (Å²) in [5, 5.41) is 8.66. The second-order valence-electron chi connectivity index (χ2n) is 7.81. The van der Waals surface area contributed by atoms with Crippen LogP contribution < -0.4 is 9.64 Å². The van der Waals surface area contributed by atoms with Crippen molar-refractivity contribution in [1.82, 2.24) is 20.2 Å². The quantitative estimate of drug-likeness (QED) is 0.730. The Hall–Kier alpha value is -2.67. The zero-order valence-electron chi connectivity index (χ0n) is 16.3. The summed E-state index contributed by atoms with van der Waals surface area (Å²) in [7, 11) is 0. The Bertz CT molecular complexity index is 997. The van der Waals surface area contributed by atoms with Crippen LogP contribution in [0.5, 0.6) is 5.75 Å². The van der Waals surface area contributed by atoms with Crippen molar-refractivity contribution in [3.63, 3.8) is 0 Å². The van der Waals surface area contributed by atoms with Gasteiger partial charge < -0.3 is 14.4 Å². The van der Waals surface area contributed by atoms with E-state index in [0.29, 0.717) is 6.61 Å². The lowest BCUT2D eigenvalue weighted by atomic mass is 10.1. The Labute approximate surface area is 164 Å². The van der Waals surface area contributed by atoms with E-state index in [1.165, 1.54) is 0 Å². The van der Waals surface area contributed by atoms with Crippen LogP contribution in [0, 0.1) is 0 Å². The van der Waals surface area contributed by atoms with Gasteiger partial charge in [-0.05, 0) is 44.4 Å². The first-order chi connectivity index (χ1) is 13.7. The van der Waals surface area contributed by atoms with Crippen LogP contribution in [0.15, 0.2) is 30.6 Å². The maximum Gasteiger partial charge on any atom is 0.132 e. The predicted octanol–water partition coefficient (Wildman–Crippen LogP) is 3.57. The minimum Gasteiger partial charge on any atom is -0.487 e. The fraction of sp³-hybridized carbons (Fsp3) is 0.476. The Morgan fingerprint density at radius 2 is 2.18 bits per heavy atom. The lowest BCUT2D eigenvalue weighted by molar-refractivity contribution is 0.0529. The molecule has 0 spiro atoms. The number of nitrogens with zero attached hydrogens (tertiary/aromatic N) is 4. The molecule has 0 bridgehead atoms. The molecular formula is C21H25N5O2. The van der Waals surface area contributed by atoms with Gasteiger partial charge in [0.15, 0.2) is 0 Å². The second-order valence-corrected chi connectivity index (χ2v) is 7.81. The molecule has 1 unspecified atom stereocenters. The van der Waals surface area contributed by atoms with Crippen LogP contribution in [0.2, 0.25) is 0 Å². The monoisotopic (exact) mass is 379 g/mol. The van der Waals surface area contributed by atoms with Crippen molar-refractivity contribution in [3.8, 4) is 17.1 Å². The number of H-pyrrole nitrogens is 1. The van der Waals surface area contributed by atoms with Crippen molar-refractivity contribution in [2.75, 3.05) is 24.6 Å². The zero-order chi connectivity index (χ0) is 19.1. The molecule has 3 heterocycles. The van der Waals surface area contributed by atoms with Crippen molar-refractivity contribution in [2.24, 2.45) is 0 Å². The highest BCUT2D eigenvalue weighted by molar-refractivity contribution is 5.93. The van der Waals surface area contributed by atoms with E-state index in [4.69, 9.17) is 9.47 Å². The third kappa shape index (κ3) is 3.20. The Kier molecular flexibility index (Phi) is 4.19. The average molecular weight is 379 g/mol. The Balaban J connectivity index is 1.48. The van der Waals surface area contributed by atoms with Gasteiger partial charge in [0.05, 0.1) is 23.9 Å². The number of rotatable bonds is 5. The summed E-state index contributed by atoms with van der Waals surface area (Å²) in [5.41, 5.74) is 2.65. The summed E-state index contributed by atoms with van der Waals surface area (Å²) < 4.78 is 11.9. The SMILES string of the molecule is CCC1(Oc2ccc3[nH]nc(-c4cc(N5CCOC(C)C5)ncn4)c3c2)CC1. The number of aromatic nitrogens is 4. The molecule has 1 saturated carbocycles. The highest BCUT2D eigenvalue weighted by atomic mass is 16.5. The van der Waals surface area contributed by atoms with Crippen LogP contribution in [0.4, 0.5) is 5.82 Å². The second kappa shape index (κ2) is 6.74. The number of nitrogens with one attached hydrogen (secondary N) is 1. The largest absolute Gasteiger partial charge is 0.487 e. The third-order valence-electron chi connectivity index (χ3n) is 5.78. The van der Waals surface area contributed by atoms with Gasteiger partial charge in [-0.25, -0.2) is 9.97 Å². The molecule has 0 amide bonds. The van der Waals surface area contributed by atoms with Crippen molar-refractivity contribution >= 4 is 16.7 Å². The van der Waals surface area contributed by atoms with Gasteiger partial charge in [0.2, 0.25) is 0 Å². The first kappa shape index (κ1) is 17.4. The van der Waals surface area contributed by atoms with Gasteiger partial charge >= 0.3 is 0 Å². The molecule has 3 aromatic rings. The van der Waals surface area contributed by atoms with E-state index >= 15 is 0 Å². The van der Waals surface area contributed by atoms with Gasteiger partial charge in [-0.1, -0.05) is 6.92 Å². The molecular weight excluding hydrogens is 354 g/mol. The molecule has 1 atom stereocenters. The topological polar surface area (TPSA) is 76.2 Å². The van der Waals surface area contributed by atoms with Gasteiger partial charge in [0.25, 0.3) is 0 Å². The van der Waals surface area contributed by atoms with E-state index in [9.17, 15) is 0 Å². The van der Waals surface area contributed by atoms with Gasteiger partial charge in [0.1, 0.15) is 29.2 Å². The standard InChI is InChI=1S/C21H25N5O2/c1-3-21(6-7-21)28-15-4-5-17-16(10-15)20(25-24-17)18-11-19(23-13-22-18)26-8-9-27-14(2)12-26/h4-5,10-11,13-14H,3,6-9,12H2,1-2H3,(H,24,25). The minimum absolute atomic E-state index is 0.0344. The molecule has 28 heavy (non-hydrogen) atoms. The van der Waals surface area contributed by atoms with E-state index < -0.39 is 0 Å². The van der Waals surface area contributed by atoms with Crippen molar-refractivity contribution in [2.45, 2.75) is 44.8 Å². The average Bonchev–Trinajstić information content (AvgIpc) is 3.37. The number of fused-ring (bicyclic) bond motifs is 1. The molecule has 1 aliphatic carbocycles. The predicted molar refractivity (Wildman–Crippen MR) is 108 cm³/mol. The van der Waals surface area contributed by atoms with E-state index in [-0.39, 0.29) is 11.7 Å². The van der Waals surface area contributed by atoms with Gasteiger partial charge in [-0.3, -0.25) is 5.10 Å². The summed E-state index contributed by atoms with van der Waals surface area (Å²) in [4.78, 5) is 11.2. The molecule has 1 N–H and O–H groups in total.